The topological polar surface area (TPSA) is 78.5 Å². The largest absolute Gasteiger partial charge is 0.343 e. The lowest BCUT2D eigenvalue weighted by Gasteiger charge is -2.15. The molecule has 1 aliphatic heterocycles. The van der Waals surface area contributed by atoms with Gasteiger partial charge in [-0.3, -0.25) is 14.4 Å². The lowest BCUT2D eigenvalue weighted by molar-refractivity contribution is -0.117. The average Bonchev–Trinajstić information content (AvgIpc) is 3.19. The second kappa shape index (κ2) is 10.6. The van der Waals surface area contributed by atoms with Crippen molar-refractivity contribution in [1.82, 2.24) is 5.32 Å². The number of anilines is 2. The van der Waals surface area contributed by atoms with Gasteiger partial charge in [0.15, 0.2) is 0 Å². The Kier molecular flexibility index (Phi) is 7.60. The van der Waals surface area contributed by atoms with Crippen LogP contribution in [0.2, 0.25) is 0 Å². The third-order valence-corrected chi connectivity index (χ3v) is 5.23. The zero-order valence-corrected chi connectivity index (χ0v) is 17.4. The summed E-state index contributed by atoms with van der Waals surface area (Å²) >= 11 is 0. The van der Waals surface area contributed by atoms with E-state index in [-0.39, 0.29) is 24.3 Å². The van der Waals surface area contributed by atoms with E-state index in [9.17, 15) is 14.4 Å². The van der Waals surface area contributed by atoms with E-state index in [0.717, 1.165) is 18.5 Å². The van der Waals surface area contributed by atoms with Gasteiger partial charge < -0.3 is 15.5 Å². The van der Waals surface area contributed by atoms with Crippen molar-refractivity contribution in [2.75, 3.05) is 23.3 Å². The molecule has 1 heterocycles. The fraction of sp³-hybridized carbons (Fsp3) is 0.375. The van der Waals surface area contributed by atoms with E-state index in [1.54, 1.807) is 29.2 Å². The van der Waals surface area contributed by atoms with E-state index in [1.807, 2.05) is 24.3 Å². The Hall–Kier alpha value is -3.15. The standard InChI is InChI=1S/C24H29N3O3/c1-2-3-4-6-18-8-12-20(13-9-18)26-22(28)17-25-24(30)19-10-14-21(15-11-19)27-16-5-7-23(27)29/h8-15H,2-7,16-17H2,1H3,(H,25,30)(H,26,28). The van der Waals surface area contributed by atoms with Crippen molar-refractivity contribution >= 4 is 29.1 Å². The van der Waals surface area contributed by atoms with E-state index in [1.165, 1.54) is 24.8 Å². The van der Waals surface area contributed by atoms with Crippen molar-refractivity contribution in [3.8, 4) is 0 Å². The normalized spacial score (nSPS) is 13.4. The van der Waals surface area contributed by atoms with E-state index >= 15 is 0 Å². The number of hydrogen-bond acceptors (Lipinski definition) is 3. The number of amides is 3. The molecule has 0 bridgehead atoms. The van der Waals surface area contributed by atoms with Crippen LogP contribution in [0.3, 0.4) is 0 Å². The predicted octanol–water partition coefficient (Wildman–Crippen LogP) is 3.91. The molecule has 0 atom stereocenters. The highest BCUT2D eigenvalue weighted by molar-refractivity contribution is 6.00. The van der Waals surface area contributed by atoms with E-state index in [2.05, 4.69) is 17.6 Å². The molecule has 1 saturated heterocycles. The van der Waals surface area contributed by atoms with Crippen molar-refractivity contribution < 1.29 is 14.4 Å². The molecule has 0 aromatic heterocycles. The summed E-state index contributed by atoms with van der Waals surface area (Å²) in [6.45, 7) is 2.79. The number of nitrogens with one attached hydrogen (secondary N) is 2. The van der Waals surface area contributed by atoms with Crippen LogP contribution in [0.5, 0.6) is 0 Å². The quantitative estimate of drug-likeness (QED) is 0.619. The highest BCUT2D eigenvalue weighted by Crippen LogP contribution is 2.21. The van der Waals surface area contributed by atoms with Crippen molar-refractivity contribution in [3.63, 3.8) is 0 Å². The first-order valence-corrected chi connectivity index (χ1v) is 10.6. The van der Waals surface area contributed by atoms with Gasteiger partial charge in [0.1, 0.15) is 0 Å². The van der Waals surface area contributed by atoms with Gasteiger partial charge in [0.2, 0.25) is 11.8 Å². The maximum Gasteiger partial charge on any atom is 0.251 e. The zero-order valence-electron chi connectivity index (χ0n) is 17.4. The molecule has 2 aromatic rings. The maximum absolute atomic E-state index is 12.3. The Bertz CT molecular complexity index is 876. The van der Waals surface area contributed by atoms with Crippen LogP contribution in [0.15, 0.2) is 48.5 Å². The number of benzene rings is 2. The summed E-state index contributed by atoms with van der Waals surface area (Å²) in [5, 5.41) is 5.43. The first-order valence-electron chi connectivity index (χ1n) is 10.6. The Morgan fingerprint density at radius 1 is 1.00 bits per heavy atom. The summed E-state index contributed by atoms with van der Waals surface area (Å²) in [6.07, 6.45) is 6.06. The Morgan fingerprint density at radius 3 is 2.37 bits per heavy atom. The molecule has 6 nitrogen and oxygen atoms in total. The molecule has 0 radical (unpaired) electrons. The Balaban J connectivity index is 1.45. The Labute approximate surface area is 177 Å². The van der Waals surface area contributed by atoms with Crippen LogP contribution in [-0.4, -0.2) is 30.8 Å². The van der Waals surface area contributed by atoms with Gasteiger partial charge in [-0.1, -0.05) is 31.9 Å². The van der Waals surface area contributed by atoms with Crippen molar-refractivity contribution in [1.29, 1.82) is 0 Å². The smallest absolute Gasteiger partial charge is 0.251 e. The molecule has 1 aliphatic rings. The molecular weight excluding hydrogens is 378 g/mol. The molecule has 30 heavy (non-hydrogen) atoms. The first kappa shape index (κ1) is 21.6. The van der Waals surface area contributed by atoms with Crippen LogP contribution in [-0.2, 0) is 16.0 Å². The fourth-order valence-electron chi connectivity index (χ4n) is 3.52. The van der Waals surface area contributed by atoms with Gasteiger partial charge in [-0.15, -0.1) is 0 Å². The molecule has 0 aliphatic carbocycles. The third-order valence-electron chi connectivity index (χ3n) is 5.23. The van der Waals surface area contributed by atoms with Crippen LogP contribution in [0, 0.1) is 0 Å². The molecule has 1 fully saturated rings. The van der Waals surface area contributed by atoms with Gasteiger partial charge in [-0.2, -0.15) is 0 Å². The number of carbonyl (C=O) groups is 3. The van der Waals surface area contributed by atoms with Gasteiger partial charge in [-0.25, -0.2) is 0 Å². The monoisotopic (exact) mass is 407 g/mol. The SMILES string of the molecule is CCCCCc1ccc(NC(=O)CNC(=O)c2ccc(N3CCCC3=O)cc2)cc1. The summed E-state index contributed by atoms with van der Waals surface area (Å²) < 4.78 is 0. The molecule has 0 unspecified atom stereocenters. The third kappa shape index (κ3) is 5.92. The van der Waals surface area contributed by atoms with Gasteiger partial charge in [0.25, 0.3) is 5.91 Å². The number of carbonyl (C=O) groups excluding carboxylic acids is 3. The summed E-state index contributed by atoms with van der Waals surface area (Å²) in [5.41, 5.74) is 3.22. The summed E-state index contributed by atoms with van der Waals surface area (Å²) in [7, 11) is 0. The molecule has 158 valence electrons. The predicted molar refractivity (Wildman–Crippen MR) is 119 cm³/mol. The van der Waals surface area contributed by atoms with Gasteiger partial charge in [0.05, 0.1) is 6.54 Å². The fourth-order valence-corrected chi connectivity index (χ4v) is 3.52. The first-order chi connectivity index (χ1) is 14.6. The highest BCUT2D eigenvalue weighted by atomic mass is 16.2. The minimum atomic E-state index is -0.323. The number of unbranched alkanes of at least 4 members (excludes halogenated alkanes) is 2. The van der Waals surface area contributed by atoms with E-state index < -0.39 is 0 Å². The number of aryl methyl sites for hydroxylation is 1. The van der Waals surface area contributed by atoms with Crippen LogP contribution in [0.1, 0.15) is 54.9 Å². The number of hydrogen-bond donors (Lipinski definition) is 2. The maximum atomic E-state index is 12.3. The molecule has 0 saturated carbocycles. The van der Waals surface area contributed by atoms with Crippen LogP contribution in [0.4, 0.5) is 11.4 Å². The van der Waals surface area contributed by atoms with Crippen molar-refractivity contribution in [3.05, 3.63) is 59.7 Å². The summed E-state index contributed by atoms with van der Waals surface area (Å²) in [6, 6.07) is 14.7. The van der Waals surface area contributed by atoms with Gasteiger partial charge in [-0.05, 0) is 61.2 Å². The minimum absolute atomic E-state index is 0.108. The molecule has 2 N–H and O–H groups in total. The average molecular weight is 408 g/mol. The second-order valence-electron chi connectivity index (χ2n) is 7.58. The highest BCUT2D eigenvalue weighted by Gasteiger charge is 2.21. The number of rotatable bonds is 9. The minimum Gasteiger partial charge on any atom is -0.343 e. The van der Waals surface area contributed by atoms with Gasteiger partial charge >= 0.3 is 0 Å². The lowest BCUT2D eigenvalue weighted by atomic mass is 10.1. The number of nitrogens with zero attached hydrogens (tertiary/aromatic N) is 1. The molecule has 3 amide bonds. The molecular formula is C24H29N3O3. The van der Waals surface area contributed by atoms with E-state index in [0.29, 0.717) is 24.2 Å². The van der Waals surface area contributed by atoms with Crippen molar-refractivity contribution in [2.24, 2.45) is 0 Å². The van der Waals surface area contributed by atoms with E-state index in [4.69, 9.17) is 0 Å². The second-order valence-corrected chi connectivity index (χ2v) is 7.58. The van der Waals surface area contributed by atoms with Crippen molar-refractivity contribution in [2.45, 2.75) is 45.4 Å². The summed E-state index contributed by atoms with van der Waals surface area (Å²) in [5.74, 6) is -0.491. The molecule has 2 aromatic carbocycles. The van der Waals surface area contributed by atoms with Gasteiger partial charge in [0, 0.05) is 29.9 Å². The molecule has 6 heteroatoms. The van der Waals surface area contributed by atoms with Crippen LogP contribution >= 0.6 is 0 Å². The summed E-state index contributed by atoms with van der Waals surface area (Å²) in [4.78, 5) is 38.0. The molecule has 3 rings (SSSR count). The van der Waals surface area contributed by atoms with Crippen LogP contribution in [0.25, 0.3) is 0 Å². The van der Waals surface area contributed by atoms with Crippen LogP contribution < -0.4 is 15.5 Å². The molecule has 0 spiro atoms. The zero-order chi connectivity index (χ0) is 21.3. The Morgan fingerprint density at radius 2 is 1.73 bits per heavy atom. The lowest BCUT2D eigenvalue weighted by Crippen LogP contribution is -2.32.